The average molecular weight is 279 g/mol. The number of aromatic nitrogens is 2. The van der Waals surface area contributed by atoms with Crippen molar-refractivity contribution in [2.45, 2.75) is 13.0 Å². The number of thiophene rings is 1. The highest BCUT2D eigenvalue weighted by Gasteiger charge is 2.28. The first-order valence-electron chi connectivity index (χ1n) is 6.02. The van der Waals surface area contributed by atoms with Gasteiger partial charge >= 0.3 is 5.97 Å². The smallest absolute Gasteiger partial charge is 0.307 e. The van der Waals surface area contributed by atoms with Gasteiger partial charge in [-0.15, -0.1) is 0 Å². The summed E-state index contributed by atoms with van der Waals surface area (Å²) in [5, 5.41) is 16.8. The average Bonchev–Trinajstić information content (AvgIpc) is 3.09. The molecule has 1 fully saturated rings. The van der Waals surface area contributed by atoms with E-state index in [9.17, 15) is 4.79 Å². The molecule has 0 bridgehead atoms. The van der Waals surface area contributed by atoms with Gasteiger partial charge in [0.25, 0.3) is 0 Å². The van der Waals surface area contributed by atoms with Crippen molar-refractivity contribution in [3.8, 4) is 11.4 Å². The molecule has 6 nitrogen and oxygen atoms in total. The second-order valence-corrected chi connectivity index (χ2v) is 5.36. The van der Waals surface area contributed by atoms with Crippen LogP contribution < -0.4 is 0 Å². The number of hydrogen-bond donors (Lipinski definition) is 1. The fourth-order valence-corrected chi connectivity index (χ4v) is 2.83. The third kappa shape index (κ3) is 2.66. The minimum atomic E-state index is -0.730. The van der Waals surface area contributed by atoms with Crippen molar-refractivity contribution in [2.75, 3.05) is 13.1 Å². The summed E-state index contributed by atoms with van der Waals surface area (Å²) in [6.45, 7) is 1.82. The lowest BCUT2D eigenvalue weighted by molar-refractivity contribution is -0.141. The Morgan fingerprint density at radius 3 is 3.21 bits per heavy atom. The maximum Gasteiger partial charge on any atom is 0.307 e. The van der Waals surface area contributed by atoms with Crippen LogP contribution in [0.2, 0.25) is 0 Å². The first-order chi connectivity index (χ1) is 9.22. The minimum absolute atomic E-state index is 0.278. The molecule has 3 heterocycles. The highest BCUT2D eigenvalue weighted by atomic mass is 32.1. The lowest BCUT2D eigenvalue weighted by Gasteiger charge is -2.11. The second-order valence-electron chi connectivity index (χ2n) is 4.58. The number of hydrogen-bond acceptors (Lipinski definition) is 6. The fourth-order valence-electron chi connectivity index (χ4n) is 2.20. The van der Waals surface area contributed by atoms with Crippen molar-refractivity contribution < 1.29 is 14.4 Å². The van der Waals surface area contributed by atoms with Crippen LogP contribution in [0, 0.1) is 5.92 Å². The van der Waals surface area contributed by atoms with Gasteiger partial charge in [-0.05, 0) is 24.4 Å². The standard InChI is InChI=1S/C12H13N3O3S/c16-12(17)8-1-3-15(5-8)6-10-13-11(14-18-10)9-2-4-19-7-9/h2,4,7-8H,1,3,5-6H2,(H,16,17). The first-order valence-corrected chi connectivity index (χ1v) is 6.97. The highest BCUT2D eigenvalue weighted by Crippen LogP contribution is 2.21. The molecule has 7 heteroatoms. The fraction of sp³-hybridized carbons (Fsp3) is 0.417. The molecule has 1 N–H and O–H groups in total. The molecule has 0 radical (unpaired) electrons. The minimum Gasteiger partial charge on any atom is -0.481 e. The van der Waals surface area contributed by atoms with Crippen LogP contribution in [-0.4, -0.2) is 39.2 Å². The summed E-state index contributed by atoms with van der Waals surface area (Å²) in [6.07, 6.45) is 0.681. The lowest BCUT2D eigenvalue weighted by atomic mass is 10.1. The van der Waals surface area contributed by atoms with E-state index in [4.69, 9.17) is 9.63 Å². The Hall–Kier alpha value is -1.73. The maximum absolute atomic E-state index is 10.9. The van der Waals surface area contributed by atoms with E-state index in [1.54, 1.807) is 11.3 Å². The lowest BCUT2D eigenvalue weighted by Crippen LogP contribution is -2.22. The molecule has 1 atom stereocenters. The van der Waals surface area contributed by atoms with Crippen molar-refractivity contribution in [2.24, 2.45) is 5.92 Å². The maximum atomic E-state index is 10.9. The van der Waals surface area contributed by atoms with Crippen LogP contribution in [0.3, 0.4) is 0 Å². The van der Waals surface area contributed by atoms with E-state index in [1.165, 1.54) is 0 Å². The van der Waals surface area contributed by atoms with Crippen molar-refractivity contribution in [1.29, 1.82) is 0 Å². The largest absolute Gasteiger partial charge is 0.481 e. The van der Waals surface area contributed by atoms with Crippen molar-refractivity contribution in [3.05, 3.63) is 22.7 Å². The van der Waals surface area contributed by atoms with Gasteiger partial charge in [0.05, 0.1) is 12.5 Å². The van der Waals surface area contributed by atoms with Crippen molar-refractivity contribution in [3.63, 3.8) is 0 Å². The van der Waals surface area contributed by atoms with Crippen LogP contribution in [0.4, 0.5) is 0 Å². The number of carbonyl (C=O) groups is 1. The van der Waals surface area contributed by atoms with Crippen LogP contribution in [-0.2, 0) is 11.3 Å². The molecule has 1 aliphatic heterocycles. The molecule has 1 aliphatic rings. The molecule has 19 heavy (non-hydrogen) atoms. The van der Waals surface area contributed by atoms with Gasteiger partial charge in [0.1, 0.15) is 0 Å². The van der Waals surface area contributed by atoms with Crippen molar-refractivity contribution in [1.82, 2.24) is 15.0 Å². The third-order valence-electron chi connectivity index (χ3n) is 3.23. The molecular formula is C12H13N3O3S. The Balaban J connectivity index is 1.64. The SMILES string of the molecule is O=C(O)C1CCN(Cc2nc(-c3ccsc3)no2)C1. The van der Waals surface area contributed by atoms with E-state index >= 15 is 0 Å². The van der Waals surface area contributed by atoms with E-state index < -0.39 is 5.97 Å². The molecule has 0 spiro atoms. The first kappa shape index (κ1) is 12.3. The van der Waals surface area contributed by atoms with Gasteiger partial charge in [0.15, 0.2) is 0 Å². The van der Waals surface area contributed by atoms with E-state index in [2.05, 4.69) is 10.1 Å². The summed E-state index contributed by atoms with van der Waals surface area (Å²) in [4.78, 5) is 17.2. The molecule has 100 valence electrons. The molecule has 1 unspecified atom stereocenters. The van der Waals surface area contributed by atoms with E-state index in [0.717, 1.165) is 12.1 Å². The quantitative estimate of drug-likeness (QED) is 0.917. The molecule has 0 amide bonds. The van der Waals surface area contributed by atoms with Gasteiger partial charge in [-0.1, -0.05) is 5.16 Å². The Morgan fingerprint density at radius 2 is 2.53 bits per heavy atom. The van der Waals surface area contributed by atoms with E-state index in [-0.39, 0.29) is 5.92 Å². The number of carboxylic acids is 1. The van der Waals surface area contributed by atoms with Crippen LogP contribution >= 0.6 is 11.3 Å². The van der Waals surface area contributed by atoms with Gasteiger partial charge in [-0.3, -0.25) is 9.69 Å². The summed E-state index contributed by atoms with van der Waals surface area (Å²) < 4.78 is 5.20. The van der Waals surface area contributed by atoms with Gasteiger partial charge in [0, 0.05) is 17.5 Å². The molecule has 0 aliphatic carbocycles. The Bertz CT molecular complexity index is 567. The zero-order chi connectivity index (χ0) is 13.2. The molecule has 2 aromatic rings. The predicted octanol–water partition coefficient (Wildman–Crippen LogP) is 1.70. The van der Waals surface area contributed by atoms with Gasteiger partial charge < -0.3 is 9.63 Å². The molecule has 3 rings (SSSR count). The summed E-state index contributed by atoms with van der Waals surface area (Å²) in [5.41, 5.74) is 0.949. The summed E-state index contributed by atoms with van der Waals surface area (Å²) in [5.74, 6) is 0.115. The van der Waals surface area contributed by atoms with E-state index in [1.807, 2.05) is 21.7 Å². The number of nitrogens with zero attached hydrogens (tertiary/aromatic N) is 3. The van der Waals surface area contributed by atoms with Crippen LogP contribution in [0.15, 0.2) is 21.3 Å². The van der Waals surface area contributed by atoms with Gasteiger partial charge in [-0.25, -0.2) is 0 Å². The predicted molar refractivity (Wildman–Crippen MR) is 68.6 cm³/mol. The normalized spacial score (nSPS) is 19.9. The summed E-state index contributed by atoms with van der Waals surface area (Å²) >= 11 is 1.58. The van der Waals surface area contributed by atoms with Crippen LogP contribution in [0.5, 0.6) is 0 Å². The van der Waals surface area contributed by atoms with Crippen molar-refractivity contribution >= 4 is 17.3 Å². The van der Waals surface area contributed by atoms with E-state index in [0.29, 0.717) is 31.2 Å². The molecule has 0 saturated carbocycles. The molecule has 1 saturated heterocycles. The zero-order valence-electron chi connectivity index (χ0n) is 10.2. The highest BCUT2D eigenvalue weighted by molar-refractivity contribution is 7.08. The monoisotopic (exact) mass is 279 g/mol. The van der Waals surface area contributed by atoms with Gasteiger partial charge in [0.2, 0.25) is 11.7 Å². The Kier molecular flexibility index (Phi) is 3.31. The van der Waals surface area contributed by atoms with Gasteiger partial charge in [-0.2, -0.15) is 16.3 Å². The summed E-state index contributed by atoms with van der Waals surface area (Å²) in [7, 11) is 0. The van der Waals surface area contributed by atoms with Crippen LogP contribution in [0.1, 0.15) is 12.3 Å². The second kappa shape index (κ2) is 5.10. The number of carboxylic acid groups (broad SMARTS) is 1. The molecular weight excluding hydrogens is 266 g/mol. The number of aliphatic carboxylic acids is 1. The molecule has 0 aromatic carbocycles. The molecule has 2 aromatic heterocycles. The Morgan fingerprint density at radius 1 is 1.63 bits per heavy atom. The number of likely N-dealkylation sites (tertiary alicyclic amines) is 1. The number of rotatable bonds is 4. The topological polar surface area (TPSA) is 79.5 Å². The zero-order valence-corrected chi connectivity index (χ0v) is 11.0. The summed E-state index contributed by atoms with van der Waals surface area (Å²) in [6, 6.07) is 1.94. The third-order valence-corrected chi connectivity index (χ3v) is 3.91. The van der Waals surface area contributed by atoms with Crippen LogP contribution in [0.25, 0.3) is 11.4 Å². The Labute approximate surface area is 113 Å².